The van der Waals surface area contributed by atoms with Gasteiger partial charge in [0.25, 0.3) is 0 Å². The van der Waals surface area contributed by atoms with Gasteiger partial charge in [0, 0.05) is 57.6 Å². The molecule has 1 aromatic heterocycles. The SMILES string of the molecule is CCNC(=NCc1sccc1C)NCCN1CCN(C(C)=O)CC1.I. The third-order valence-electron chi connectivity index (χ3n) is 4.23. The fourth-order valence-corrected chi connectivity index (χ4v) is 3.51. The van der Waals surface area contributed by atoms with Crippen LogP contribution in [-0.2, 0) is 11.3 Å². The number of guanidine groups is 1. The summed E-state index contributed by atoms with van der Waals surface area (Å²) in [6.07, 6.45) is 0. The topological polar surface area (TPSA) is 60.0 Å². The molecule has 0 atom stereocenters. The number of hydrogen-bond acceptors (Lipinski definition) is 4. The van der Waals surface area contributed by atoms with Gasteiger partial charge in [-0.2, -0.15) is 0 Å². The van der Waals surface area contributed by atoms with Crippen molar-refractivity contribution in [2.75, 3.05) is 45.8 Å². The third-order valence-corrected chi connectivity index (χ3v) is 5.24. The van der Waals surface area contributed by atoms with E-state index in [9.17, 15) is 4.79 Å². The zero-order valence-electron chi connectivity index (χ0n) is 15.4. The van der Waals surface area contributed by atoms with Crippen molar-refractivity contribution in [1.82, 2.24) is 20.4 Å². The number of aliphatic imine (C=N–C) groups is 1. The molecule has 25 heavy (non-hydrogen) atoms. The number of halogens is 1. The van der Waals surface area contributed by atoms with Crippen LogP contribution in [0.4, 0.5) is 0 Å². The van der Waals surface area contributed by atoms with E-state index in [4.69, 9.17) is 0 Å². The van der Waals surface area contributed by atoms with Crippen LogP contribution in [0.2, 0.25) is 0 Å². The minimum absolute atomic E-state index is 0. The molecule has 2 N–H and O–H groups in total. The van der Waals surface area contributed by atoms with E-state index >= 15 is 0 Å². The molecule has 0 bridgehead atoms. The van der Waals surface area contributed by atoms with E-state index in [-0.39, 0.29) is 29.9 Å². The van der Waals surface area contributed by atoms with Crippen molar-refractivity contribution >= 4 is 47.2 Å². The van der Waals surface area contributed by atoms with Crippen LogP contribution in [0.15, 0.2) is 16.4 Å². The molecule has 6 nitrogen and oxygen atoms in total. The van der Waals surface area contributed by atoms with Crippen molar-refractivity contribution in [2.24, 2.45) is 4.99 Å². The Morgan fingerprint density at radius 3 is 2.56 bits per heavy atom. The second-order valence-electron chi connectivity index (χ2n) is 6.00. The molecule has 0 unspecified atom stereocenters. The Labute approximate surface area is 172 Å². The Kier molecular flexibility index (Phi) is 10.4. The Balaban J connectivity index is 0.00000312. The maximum Gasteiger partial charge on any atom is 0.219 e. The number of hydrogen-bond donors (Lipinski definition) is 2. The summed E-state index contributed by atoms with van der Waals surface area (Å²) >= 11 is 1.76. The summed E-state index contributed by atoms with van der Waals surface area (Å²) in [7, 11) is 0. The van der Waals surface area contributed by atoms with Crippen LogP contribution in [0.3, 0.4) is 0 Å². The van der Waals surface area contributed by atoms with Gasteiger partial charge in [-0.3, -0.25) is 9.69 Å². The molecule has 1 saturated heterocycles. The van der Waals surface area contributed by atoms with E-state index in [0.717, 1.165) is 58.3 Å². The van der Waals surface area contributed by atoms with Crippen LogP contribution in [-0.4, -0.2) is 67.5 Å². The highest BCUT2D eigenvalue weighted by Crippen LogP contribution is 2.16. The number of amides is 1. The van der Waals surface area contributed by atoms with E-state index in [2.05, 4.69) is 45.8 Å². The normalized spacial score (nSPS) is 15.6. The number of carbonyl (C=O) groups is 1. The van der Waals surface area contributed by atoms with E-state index in [1.54, 1.807) is 18.3 Å². The first kappa shape index (κ1) is 22.2. The highest BCUT2D eigenvalue weighted by Gasteiger charge is 2.17. The van der Waals surface area contributed by atoms with Gasteiger partial charge in [-0.25, -0.2) is 4.99 Å². The van der Waals surface area contributed by atoms with Crippen molar-refractivity contribution in [3.63, 3.8) is 0 Å². The number of carbonyl (C=O) groups excluding carboxylic acids is 1. The van der Waals surface area contributed by atoms with Crippen LogP contribution in [0.1, 0.15) is 24.3 Å². The quantitative estimate of drug-likeness (QED) is 0.372. The first-order valence-electron chi connectivity index (χ1n) is 8.63. The Morgan fingerprint density at radius 1 is 1.28 bits per heavy atom. The van der Waals surface area contributed by atoms with Gasteiger partial charge in [0.1, 0.15) is 0 Å². The average Bonchev–Trinajstić information content (AvgIpc) is 2.98. The number of thiophene rings is 1. The number of piperazine rings is 1. The van der Waals surface area contributed by atoms with Crippen LogP contribution in [0.5, 0.6) is 0 Å². The molecule has 0 aliphatic carbocycles. The standard InChI is InChI=1S/C17H29N5OS.HI/c1-4-18-17(20-13-16-14(2)5-12-24-16)19-6-7-21-8-10-22(11-9-21)15(3)23;/h5,12H,4,6-11,13H2,1-3H3,(H2,18,19,20);1H. The second-order valence-corrected chi connectivity index (χ2v) is 7.00. The van der Waals surface area contributed by atoms with E-state index < -0.39 is 0 Å². The van der Waals surface area contributed by atoms with Gasteiger partial charge >= 0.3 is 0 Å². The smallest absolute Gasteiger partial charge is 0.219 e. The number of aryl methyl sites for hydroxylation is 1. The van der Waals surface area contributed by atoms with Crippen molar-refractivity contribution in [1.29, 1.82) is 0 Å². The summed E-state index contributed by atoms with van der Waals surface area (Å²) in [6, 6.07) is 2.14. The Morgan fingerprint density at radius 2 is 2.00 bits per heavy atom. The third kappa shape index (κ3) is 7.49. The number of nitrogens with one attached hydrogen (secondary N) is 2. The zero-order chi connectivity index (χ0) is 17.4. The van der Waals surface area contributed by atoms with Crippen LogP contribution in [0, 0.1) is 6.92 Å². The summed E-state index contributed by atoms with van der Waals surface area (Å²) in [6.45, 7) is 12.8. The van der Waals surface area contributed by atoms with E-state index in [0.29, 0.717) is 0 Å². The highest BCUT2D eigenvalue weighted by atomic mass is 127. The first-order chi connectivity index (χ1) is 11.6. The van der Waals surface area contributed by atoms with Gasteiger partial charge in [0.15, 0.2) is 5.96 Å². The van der Waals surface area contributed by atoms with Crippen LogP contribution >= 0.6 is 35.3 Å². The predicted molar refractivity (Wildman–Crippen MR) is 116 cm³/mol. The van der Waals surface area contributed by atoms with Gasteiger partial charge in [-0.15, -0.1) is 35.3 Å². The lowest BCUT2D eigenvalue weighted by Gasteiger charge is -2.34. The lowest BCUT2D eigenvalue weighted by Crippen LogP contribution is -2.50. The molecule has 2 heterocycles. The van der Waals surface area contributed by atoms with E-state index in [1.165, 1.54) is 10.4 Å². The fraction of sp³-hybridized carbons (Fsp3) is 0.647. The van der Waals surface area contributed by atoms with Crippen molar-refractivity contribution in [3.8, 4) is 0 Å². The lowest BCUT2D eigenvalue weighted by atomic mass is 10.3. The summed E-state index contributed by atoms with van der Waals surface area (Å²) in [5.74, 6) is 1.05. The van der Waals surface area contributed by atoms with Crippen molar-refractivity contribution < 1.29 is 4.79 Å². The maximum atomic E-state index is 11.3. The first-order valence-corrected chi connectivity index (χ1v) is 9.51. The predicted octanol–water partition coefficient (Wildman–Crippen LogP) is 1.89. The highest BCUT2D eigenvalue weighted by molar-refractivity contribution is 14.0. The Bertz CT molecular complexity index is 555. The van der Waals surface area contributed by atoms with Crippen LogP contribution < -0.4 is 10.6 Å². The largest absolute Gasteiger partial charge is 0.357 e. The minimum atomic E-state index is 0. The van der Waals surface area contributed by atoms with Crippen molar-refractivity contribution in [2.45, 2.75) is 27.3 Å². The zero-order valence-corrected chi connectivity index (χ0v) is 18.5. The fourth-order valence-electron chi connectivity index (χ4n) is 2.68. The molecule has 1 amide bonds. The van der Waals surface area contributed by atoms with Gasteiger partial charge in [0.2, 0.25) is 5.91 Å². The molecular weight excluding hydrogens is 449 g/mol. The minimum Gasteiger partial charge on any atom is -0.357 e. The molecule has 0 saturated carbocycles. The summed E-state index contributed by atoms with van der Waals surface area (Å²) in [5.41, 5.74) is 1.31. The van der Waals surface area contributed by atoms with E-state index in [1.807, 2.05) is 4.90 Å². The molecular formula is C17H30IN5OS. The molecule has 142 valence electrons. The summed E-state index contributed by atoms with van der Waals surface area (Å²) in [5, 5.41) is 8.81. The van der Waals surface area contributed by atoms with Gasteiger partial charge in [-0.05, 0) is 30.9 Å². The Hall–Kier alpha value is -0.870. The van der Waals surface area contributed by atoms with Gasteiger partial charge < -0.3 is 15.5 Å². The molecule has 0 aromatic carbocycles. The molecule has 1 aromatic rings. The summed E-state index contributed by atoms with van der Waals surface area (Å²) in [4.78, 5) is 21.6. The number of rotatable bonds is 6. The number of nitrogens with zero attached hydrogens (tertiary/aromatic N) is 3. The van der Waals surface area contributed by atoms with Gasteiger partial charge in [0.05, 0.1) is 6.54 Å². The van der Waals surface area contributed by atoms with Crippen molar-refractivity contribution in [3.05, 3.63) is 21.9 Å². The molecule has 0 spiro atoms. The molecule has 1 aliphatic heterocycles. The molecule has 2 rings (SSSR count). The molecule has 1 aliphatic rings. The maximum absolute atomic E-state index is 11.3. The summed E-state index contributed by atoms with van der Waals surface area (Å²) < 4.78 is 0. The van der Waals surface area contributed by atoms with Gasteiger partial charge in [-0.1, -0.05) is 0 Å². The monoisotopic (exact) mass is 479 g/mol. The molecule has 8 heteroatoms. The molecule has 1 fully saturated rings. The second kappa shape index (κ2) is 11.7. The van der Waals surface area contributed by atoms with Crippen LogP contribution in [0.25, 0.3) is 0 Å². The average molecular weight is 479 g/mol. The molecule has 0 radical (unpaired) electrons. The lowest BCUT2D eigenvalue weighted by molar-refractivity contribution is -0.130.